The Morgan fingerprint density at radius 3 is 2.80 bits per heavy atom. The van der Waals surface area contributed by atoms with Crippen molar-refractivity contribution < 1.29 is 9.53 Å². The monoisotopic (exact) mass is 277 g/mol. The number of carbonyl (C=O) groups is 1. The van der Waals surface area contributed by atoms with Crippen LogP contribution in [-0.2, 0) is 9.53 Å². The molecule has 0 spiro atoms. The standard InChI is InChI=1S/C11H20BrNO2/c1-8(2)6-9(7-12)13-11(14)10-4-3-5-15-10/h8-10H,3-7H2,1-2H3,(H,13,14). The first-order chi connectivity index (χ1) is 7.13. The molecule has 1 N–H and O–H groups in total. The Hall–Kier alpha value is -0.0900. The Balaban J connectivity index is 2.33. The minimum absolute atomic E-state index is 0.0533. The van der Waals surface area contributed by atoms with Gasteiger partial charge in [-0.15, -0.1) is 0 Å². The van der Waals surface area contributed by atoms with Gasteiger partial charge in [-0.2, -0.15) is 0 Å². The van der Waals surface area contributed by atoms with Gasteiger partial charge in [-0.1, -0.05) is 29.8 Å². The van der Waals surface area contributed by atoms with Crippen LogP contribution in [0.3, 0.4) is 0 Å². The molecule has 88 valence electrons. The van der Waals surface area contributed by atoms with E-state index in [-0.39, 0.29) is 18.1 Å². The highest BCUT2D eigenvalue weighted by Gasteiger charge is 2.25. The van der Waals surface area contributed by atoms with Crippen molar-refractivity contribution >= 4 is 21.8 Å². The molecule has 1 fully saturated rings. The molecule has 0 aromatic heterocycles. The number of rotatable bonds is 5. The van der Waals surface area contributed by atoms with Crippen molar-refractivity contribution in [2.24, 2.45) is 5.92 Å². The molecule has 3 nitrogen and oxygen atoms in total. The Bertz CT molecular complexity index is 203. The number of hydrogen-bond acceptors (Lipinski definition) is 2. The van der Waals surface area contributed by atoms with Gasteiger partial charge in [-0.05, 0) is 25.2 Å². The van der Waals surface area contributed by atoms with Gasteiger partial charge in [0.1, 0.15) is 6.10 Å². The maximum Gasteiger partial charge on any atom is 0.249 e. The third-order valence-electron chi connectivity index (χ3n) is 2.51. The van der Waals surface area contributed by atoms with Crippen molar-refractivity contribution in [3.8, 4) is 0 Å². The lowest BCUT2D eigenvalue weighted by Gasteiger charge is -2.20. The zero-order valence-electron chi connectivity index (χ0n) is 9.46. The number of nitrogens with one attached hydrogen (secondary N) is 1. The zero-order valence-corrected chi connectivity index (χ0v) is 11.0. The second-order valence-corrected chi connectivity index (χ2v) is 5.14. The largest absolute Gasteiger partial charge is 0.368 e. The molecule has 0 aromatic rings. The lowest BCUT2D eigenvalue weighted by molar-refractivity contribution is -0.130. The molecule has 0 aliphatic carbocycles. The predicted molar refractivity (Wildman–Crippen MR) is 64.2 cm³/mol. The molecule has 1 rings (SSSR count). The smallest absolute Gasteiger partial charge is 0.249 e. The van der Waals surface area contributed by atoms with E-state index in [1.807, 2.05) is 0 Å². The molecule has 1 amide bonds. The molecular weight excluding hydrogens is 258 g/mol. The Labute approximate surface area is 100 Å². The summed E-state index contributed by atoms with van der Waals surface area (Å²) in [4.78, 5) is 11.7. The van der Waals surface area contributed by atoms with Crippen molar-refractivity contribution in [2.45, 2.75) is 45.3 Å². The van der Waals surface area contributed by atoms with Crippen molar-refractivity contribution in [1.82, 2.24) is 5.32 Å². The molecular formula is C11H20BrNO2. The van der Waals surface area contributed by atoms with E-state index in [0.717, 1.165) is 31.2 Å². The molecule has 1 saturated heterocycles. The van der Waals surface area contributed by atoms with Gasteiger partial charge in [0.25, 0.3) is 0 Å². The molecule has 1 aliphatic rings. The van der Waals surface area contributed by atoms with E-state index in [2.05, 4.69) is 35.1 Å². The number of alkyl halides is 1. The molecule has 2 unspecified atom stereocenters. The lowest BCUT2D eigenvalue weighted by Crippen LogP contribution is -2.42. The van der Waals surface area contributed by atoms with Gasteiger partial charge >= 0.3 is 0 Å². The summed E-state index contributed by atoms with van der Waals surface area (Å²) in [5, 5.41) is 3.84. The summed E-state index contributed by atoms with van der Waals surface area (Å²) < 4.78 is 5.34. The molecule has 0 aromatic carbocycles. The zero-order chi connectivity index (χ0) is 11.3. The van der Waals surface area contributed by atoms with Crippen LogP contribution in [0.4, 0.5) is 0 Å². The maximum absolute atomic E-state index is 11.7. The van der Waals surface area contributed by atoms with E-state index in [1.54, 1.807) is 0 Å². The van der Waals surface area contributed by atoms with Crippen LogP contribution < -0.4 is 5.32 Å². The van der Waals surface area contributed by atoms with E-state index < -0.39 is 0 Å². The summed E-state index contributed by atoms with van der Waals surface area (Å²) >= 11 is 3.43. The Kier molecular flexibility index (Phi) is 5.61. The second-order valence-electron chi connectivity index (χ2n) is 4.49. The van der Waals surface area contributed by atoms with Crippen LogP contribution in [0.5, 0.6) is 0 Å². The summed E-state index contributed by atoms with van der Waals surface area (Å²) in [5.74, 6) is 0.648. The van der Waals surface area contributed by atoms with Gasteiger partial charge in [0.15, 0.2) is 0 Å². The average molecular weight is 278 g/mol. The van der Waals surface area contributed by atoms with Crippen LogP contribution in [-0.4, -0.2) is 30.0 Å². The summed E-state index contributed by atoms with van der Waals surface area (Å²) in [6.45, 7) is 5.04. The lowest BCUT2D eigenvalue weighted by atomic mass is 10.0. The van der Waals surface area contributed by atoms with E-state index >= 15 is 0 Å². The van der Waals surface area contributed by atoms with Gasteiger partial charge in [0.2, 0.25) is 5.91 Å². The van der Waals surface area contributed by atoms with Gasteiger partial charge in [-0.25, -0.2) is 0 Å². The van der Waals surface area contributed by atoms with Crippen LogP contribution in [0.1, 0.15) is 33.1 Å². The Morgan fingerprint density at radius 2 is 2.33 bits per heavy atom. The number of hydrogen-bond donors (Lipinski definition) is 1. The van der Waals surface area contributed by atoms with Crippen molar-refractivity contribution in [2.75, 3.05) is 11.9 Å². The summed E-state index contributed by atoms with van der Waals surface area (Å²) in [6, 6.07) is 0.224. The molecule has 2 atom stereocenters. The SMILES string of the molecule is CC(C)CC(CBr)NC(=O)C1CCCO1. The fraction of sp³-hybridized carbons (Fsp3) is 0.909. The minimum atomic E-state index is -0.210. The van der Waals surface area contributed by atoms with E-state index in [1.165, 1.54) is 0 Å². The summed E-state index contributed by atoms with van der Waals surface area (Å²) in [7, 11) is 0. The molecule has 0 radical (unpaired) electrons. The van der Waals surface area contributed by atoms with Crippen LogP contribution in [0, 0.1) is 5.92 Å². The molecule has 1 aliphatic heterocycles. The molecule has 4 heteroatoms. The van der Waals surface area contributed by atoms with E-state index in [0.29, 0.717) is 5.92 Å². The predicted octanol–water partition coefficient (Wildman–Crippen LogP) is 2.09. The number of halogens is 1. The third kappa shape index (κ3) is 4.51. The molecule has 15 heavy (non-hydrogen) atoms. The molecule has 0 bridgehead atoms. The highest BCUT2D eigenvalue weighted by molar-refractivity contribution is 9.09. The van der Waals surface area contributed by atoms with Crippen LogP contribution >= 0.6 is 15.9 Å². The third-order valence-corrected chi connectivity index (χ3v) is 3.29. The molecule has 1 heterocycles. The minimum Gasteiger partial charge on any atom is -0.368 e. The van der Waals surface area contributed by atoms with Gasteiger partial charge < -0.3 is 10.1 Å². The summed E-state index contributed by atoms with van der Waals surface area (Å²) in [6.07, 6.45) is 2.66. The molecule has 0 saturated carbocycles. The van der Waals surface area contributed by atoms with E-state index in [4.69, 9.17) is 4.74 Å². The first-order valence-electron chi connectivity index (χ1n) is 5.61. The Morgan fingerprint density at radius 1 is 1.60 bits per heavy atom. The van der Waals surface area contributed by atoms with E-state index in [9.17, 15) is 4.79 Å². The maximum atomic E-state index is 11.7. The number of ether oxygens (including phenoxy) is 1. The fourth-order valence-corrected chi connectivity index (χ4v) is 2.23. The summed E-state index contributed by atoms with van der Waals surface area (Å²) in [5.41, 5.74) is 0. The highest BCUT2D eigenvalue weighted by Crippen LogP contribution is 2.13. The van der Waals surface area contributed by atoms with Gasteiger partial charge in [-0.3, -0.25) is 4.79 Å². The number of carbonyl (C=O) groups excluding carboxylic acids is 1. The number of amides is 1. The second kappa shape index (κ2) is 6.48. The van der Waals surface area contributed by atoms with Crippen molar-refractivity contribution in [3.05, 3.63) is 0 Å². The van der Waals surface area contributed by atoms with Crippen molar-refractivity contribution in [1.29, 1.82) is 0 Å². The normalized spacial score (nSPS) is 23.1. The fourth-order valence-electron chi connectivity index (χ4n) is 1.81. The topological polar surface area (TPSA) is 38.3 Å². The highest BCUT2D eigenvalue weighted by atomic mass is 79.9. The van der Waals surface area contributed by atoms with Crippen LogP contribution in [0.15, 0.2) is 0 Å². The van der Waals surface area contributed by atoms with Gasteiger partial charge in [0, 0.05) is 18.0 Å². The van der Waals surface area contributed by atoms with Crippen LogP contribution in [0.2, 0.25) is 0 Å². The van der Waals surface area contributed by atoms with Crippen molar-refractivity contribution in [3.63, 3.8) is 0 Å². The van der Waals surface area contributed by atoms with Gasteiger partial charge in [0.05, 0.1) is 0 Å². The first kappa shape index (κ1) is 13.0. The quantitative estimate of drug-likeness (QED) is 0.782. The van der Waals surface area contributed by atoms with Crippen LogP contribution in [0.25, 0.3) is 0 Å². The first-order valence-corrected chi connectivity index (χ1v) is 6.73. The average Bonchev–Trinajstić information content (AvgIpc) is 2.68.